The number of benzene rings is 1. The summed E-state index contributed by atoms with van der Waals surface area (Å²) in [6.45, 7) is 1.10. The van der Waals surface area contributed by atoms with Gasteiger partial charge in [-0.15, -0.1) is 5.11 Å². The van der Waals surface area contributed by atoms with E-state index in [9.17, 15) is 53.1 Å². The van der Waals surface area contributed by atoms with Crippen LogP contribution in [0.2, 0.25) is 0 Å². The molecule has 2 unspecified atom stereocenters. The molecular formula is C51H73N15O16Tc. The molecule has 455 valence electrons. The summed E-state index contributed by atoms with van der Waals surface area (Å²) in [6.07, 6.45) is 4.99. The minimum absolute atomic E-state index is 0. The summed E-state index contributed by atoms with van der Waals surface area (Å²) in [6, 6.07) is 8.69. The van der Waals surface area contributed by atoms with Gasteiger partial charge >= 0.3 is 17.9 Å². The maximum absolute atomic E-state index is 14.0. The zero-order valence-corrected chi connectivity index (χ0v) is 47.7. The number of aliphatic hydroxyl groups excluding tert-OH is 3. The topological polar surface area (TPSA) is 504 Å². The second-order valence-electron chi connectivity index (χ2n) is 18.4. The van der Waals surface area contributed by atoms with Gasteiger partial charge in [0.25, 0.3) is 11.8 Å². The van der Waals surface area contributed by atoms with Crippen LogP contribution in [0.1, 0.15) is 78.7 Å². The van der Waals surface area contributed by atoms with E-state index in [0.29, 0.717) is 36.8 Å². The van der Waals surface area contributed by atoms with Crippen molar-refractivity contribution in [1.29, 1.82) is 5.53 Å². The van der Waals surface area contributed by atoms with Gasteiger partial charge in [-0.05, 0) is 74.8 Å². The molecule has 0 aliphatic carbocycles. The molecule has 3 heterocycles. The monoisotopic (exact) mass is 1250 g/mol. The van der Waals surface area contributed by atoms with Crippen molar-refractivity contribution in [2.75, 3.05) is 53.1 Å². The largest absolute Gasteiger partial charge is 0.481 e. The number of methoxy groups -OCH3 is 1. The number of hydrogen-bond donors (Lipinski definition) is 16. The van der Waals surface area contributed by atoms with Crippen molar-refractivity contribution >= 4 is 71.0 Å². The average Bonchev–Trinajstić information content (AvgIpc) is 3.50. The summed E-state index contributed by atoms with van der Waals surface area (Å²) in [5.41, 5.74) is 17.9. The number of aromatic nitrogens is 2. The number of esters is 1. The Morgan fingerprint density at radius 1 is 0.783 bits per heavy atom. The first-order valence-corrected chi connectivity index (χ1v) is 25.5. The molecule has 1 aromatic carbocycles. The molecule has 7 amide bonds. The number of nitrogens with zero attached hydrogens (tertiary/aromatic N) is 4. The number of nitrogens with one attached hydrogen (secondary N) is 9. The van der Waals surface area contributed by atoms with Crippen molar-refractivity contribution in [2.45, 2.75) is 94.5 Å². The molecule has 0 spiro atoms. The number of nitrogens with two attached hydrogens (primary N) is 2. The van der Waals surface area contributed by atoms with Crippen LogP contribution in [0.3, 0.4) is 0 Å². The molecule has 1 aliphatic rings. The van der Waals surface area contributed by atoms with Gasteiger partial charge < -0.3 is 79.0 Å². The zero-order chi connectivity index (χ0) is 61.2. The fourth-order valence-electron chi connectivity index (χ4n) is 7.25. The molecule has 3 aromatic rings. The van der Waals surface area contributed by atoms with E-state index in [4.69, 9.17) is 37.4 Å². The Morgan fingerprint density at radius 2 is 1.41 bits per heavy atom. The summed E-state index contributed by atoms with van der Waals surface area (Å²) >= 11 is 0. The van der Waals surface area contributed by atoms with Gasteiger partial charge in [0.15, 0.2) is 11.8 Å². The predicted molar refractivity (Wildman–Crippen MR) is 290 cm³/mol. The molecule has 6 atom stereocenters. The van der Waals surface area contributed by atoms with Crippen molar-refractivity contribution in [3.8, 4) is 0 Å². The Labute approximate surface area is 490 Å². The Kier molecular flexibility index (Phi) is 34.2. The molecule has 2 aromatic heterocycles. The summed E-state index contributed by atoms with van der Waals surface area (Å²) in [7, 11) is 1.28. The fraction of sp³-hybridized carbons (Fsp3) is 0.471. The second-order valence-corrected chi connectivity index (χ2v) is 18.4. The number of unbranched alkanes of at least 4 members (excludes halogenated alkanes) is 1. The number of hydrogen-bond acceptors (Lipinski definition) is 20. The number of aliphatic carboxylic acids is 2. The summed E-state index contributed by atoms with van der Waals surface area (Å²) in [4.78, 5) is 136. The first-order chi connectivity index (χ1) is 39.0. The number of carbonyl (C=O) groups is 10. The van der Waals surface area contributed by atoms with Crippen molar-refractivity contribution in [3.05, 3.63) is 89.9 Å². The second kappa shape index (κ2) is 39.1. The quantitative estimate of drug-likeness (QED) is 0.0131. The van der Waals surface area contributed by atoms with E-state index in [1.165, 1.54) is 37.8 Å². The summed E-state index contributed by atoms with van der Waals surface area (Å²) < 4.78 is 4.48. The third kappa shape index (κ3) is 27.7. The summed E-state index contributed by atoms with van der Waals surface area (Å²) in [5.74, 6) is -8.28. The van der Waals surface area contributed by atoms with Crippen LogP contribution in [-0.2, 0) is 69.6 Å². The van der Waals surface area contributed by atoms with Crippen LogP contribution < -0.4 is 54.0 Å². The number of aliphatic hydroxyl groups is 3. The smallest absolute Gasteiger partial charge is 0.328 e. The minimum Gasteiger partial charge on any atom is -0.481 e. The van der Waals surface area contributed by atoms with E-state index in [1.807, 2.05) is 0 Å². The maximum Gasteiger partial charge on any atom is 0.328 e. The van der Waals surface area contributed by atoms with Gasteiger partial charge in [-0.25, -0.2) is 15.3 Å². The first kappa shape index (κ1) is 72.6. The van der Waals surface area contributed by atoms with Crippen LogP contribution in [-0.4, -0.2) is 190 Å². The number of ether oxygens (including phenoxy) is 1. The number of amides is 7. The molecular weight excluding hydrogens is 1180 g/mol. The Balaban J connectivity index is 0.00000100. The number of carbonyl (C=O) groups excluding carboxylic acids is 8. The number of rotatable bonds is 25. The van der Waals surface area contributed by atoms with E-state index in [2.05, 4.69) is 67.3 Å². The molecule has 0 saturated carbocycles. The number of pyridine rings is 2. The standard InChI is InChI=1S/C35H48N12O8.C10H12N2O3.C6H13NO5.Tc/c1-20(8-7-15-40-35(36)37)29-34(55)42-19-27(48)43-25(17-28(49)50)33(54)45-24(16-21-9-3-2-4-10-21)32(53)44-23(31(52)46-29)11-5-6-14-39-30(51)22-12-13-26(47-38)41-18-22;1-7(10(14)15-2)12-9(13)8-3-5-11-6-4-8;8-2-6(3-9,4-10)7-1-5(11)12;/h2-4,9-10,12-13,18,20,23-25,29,38H,5-8,11,14-17,19H2,1H3,(H,39,51)(H,42,55)(H,43,48)(H,44,53)(H,45,54)(H,46,52)(H,49,50)(H4,36,37,40);3-7H,1-2H3,(H,12,13);7-10H,1-4H2,(H,11,12);/t20?,23-,24+,25-,29-;;;/m0.../s1. The SMILES string of the molecule is CC(CCCN=C(N)N)[C@@H]1NC(=O)[C@H](CCCCNC(=O)c2ccc(N=N)nc2)NC(=O)[C@@H](Cc2ccccc2)NC(=O)[C@H](CC(=O)O)NC(=O)CNC1=O.COC(=O)C(C)NC(=O)c1ccncc1.O=C(O)CNC(CO)(CO)CO.[Tc]. The molecule has 1 fully saturated rings. The first-order valence-electron chi connectivity index (χ1n) is 25.5. The summed E-state index contributed by atoms with van der Waals surface area (Å²) in [5, 5.41) is 67.4. The number of guanidine groups is 1. The van der Waals surface area contributed by atoms with Crippen LogP contribution in [0, 0.1) is 11.4 Å². The van der Waals surface area contributed by atoms with Crippen LogP contribution in [0.5, 0.6) is 0 Å². The Morgan fingerprint density at radius 3 is 1.98 bits per heavy atom. The number of carboxylic acid groups (broad SMARTS) is 2. The zero-order valence-electron chi connectivity index (χ0n) is 45.8. The predicted octanol–water partition coefficient (Wildman–Crippen LogP) is -3.13. The normalized spacial score (nSPS) is 17.1. The average molecular weight is 1250 g/mol. The van der Waals surface area contributed by atoms with Gasteiger partial charge in [0.05, 0.1) is 57.5 Å². The molecule has 0 bridgehead atoms. The molecule has 32 heteroatoms. The van der Waals surface area contributed by atoms with Gasteiger partial charge in [-0.2, -0.15) is 0 Å². The number of carboxylic acids is 2. The van der Waals surface area contributed by atoms with E-state index >= 15 is 0 Å². The fourth-order valence-corrected chi connectivity index (χ4v) is 7.25. The van der Waals surface area contributed by atoms with Gasteiger partial charge in [-0.1, -0.05) is 37.3 Å². The van der Waals surface area contributed by atoms with Crippen molar-refractivity contribution in [1.82, 2.24) is 52.5 Å². The Bertz CT molecular complexity index is 2610. The van der Waals surface area contributed by atoms with E-state index in [1.54, 1.807) is 56.3 Å². The van der Waals surface area contributed by atoms with Crippen LogP contribution >= 0.6 is 0 Å². The molecule has 1 aliphatic heterocycles. The van der Waals surface area contributed by atoms with Crippen molar-refractivity contribution in [3.63, 3.8) is 0 Å². The maximum atomic E-state index is 14.0. The third-order valence-corrected chi connectivity index (χ3v) is 12.0. The molecule has 31 nitrogen and oxygen atoms in total. The van der Waals surface area contributed by atoms with E-state index in [0.717, 1.165) is 0 Å². The third-order valence-electron chi connectivity index (χ3n) is 12.0. The van der Waals surface area contributed by atoms with Crippen LogP contribution in [0.25, 0.3) is 0 Å². The van der Waals surface area contributed by atoms with Gasteiger partial charge in [0.2, 0.25) is 29.5 Å². The minimum atomic E-state index is -1.60. The van der Waals surface area contributed by atoms with Gasteiger partial charge in [-0.3, -0.25) is 58.4 Å². The molecule has 18 N–H and O–H groups in total. The van der Waals surface area contributed by atoms with E-state index < -0.39 is 134 Å². The van der Waals surface area contributed by atoms with Gasteiger partial charge in [0.1, 0.15) is 30.2 Å². The Hall–Kier alpha value is -8.42. The molecule has 1 saturated heterocycles. The molecule has 1 radical (unpaired) electrons. The van der Waals surface area contributed by atoms with Gasteiger partial charge in [0, 0.05) is 63.8 Å². The molecule has 4 rings (SSSR count). The molecule has 83 heavy (non-hydrogen) atoms. The van der Waals surface area contributed by atoms with Crippen LogP contribution in [0.15, 0.2) is 83.3 Å². The van der Waals surface area contributed by atoms with E-state index in [-0.39, 0.29) is 69.3 Å². The van der Waals surface area contributed by atoms with Crippen molar-refractivity contribution in [2.24, 2.45) is 27.5 Å². The number of aliphatic imine (C=N–C) groups is 1. The van der Waals surface area contributed by atoms with Crippen molar-refractivity contribution < 1.29 is 98.3 Å². The van der Waals surface area contributed by atoms with Crippen LogP contribution in [0.4, 0.5) is 5.82 Å².